The molecule has 788 valence electrons. The van der Waals surface area contributed by atoms with Crippen LogP contribution in [0, 0.1) is 0 Å². The predicted molar refractivity (Wildman–Crippen MR) is 555 cm³/mol. The molecule has 0 saturated carbocycles. The van der Waals surface area contributed by atoms with Gasteiger partial charge in [0, 0.05) is 176 Å². The molecule has 4 aliphatic rings. The first-order valence-corrected chi connectivity index (χ1v) is 51.0. The third-order valence-electron chi connectivity index (χ3n) is 24.9. The van der Waals surface area contributed by atoms with E-state index in [9.17, 15) is 38.7 Å². The third kappa shape index (κ3) is 37.5. The van der Waals surface area contributed by atoms with Crippen molar-refractivity contribution in [3.8, 4) is 0 Å². The number of benzene rings is 6. The lowest BCUT2D eigenvalue weighted by Gasteiger charge is -2.34. The number of aryl methyl sites for hydroxylation is 4. The summed E-state index contributed by atoms with van der Waals surface area (Å²) in [6.45, 7) is 28.9. The molecule has 0 aliphatic carbocycles. The number of hydrogen-bond donors (Lipinski definition) is 8. The van der Waals surface area contributed by atoms with Crippen molar-refractivity contribution in [2.45, 2.75) is 269 Å². The van der Waals surface area contributed by atoms with Crippen molar-refractivity contribution in [1.29, 1.82) is 0 Å². The molecule has 0 radical (unpaired) electrons. The lowest BCUT2D eigenvalue weighted by molar-refractivity contribution is -0.138. The maximum absolute atomic E-state index is 13.6. The summed E-state index contributed by atoms with van der Waals surface area (Å²) >= 11 is 0. The lowest BCUT2D eigenvalue weighted by Crippen LogP contribution is -2.46. The molecule has 9 N–H and O–H groups in total. The maximum atomic E-state index is 13.6. The number of alkyl carbamates (subject to hydrolysis) is 3. The third-order valence-corrected chi connectivity index (χ3v) is 24.9. The Labute approximate surface area is 848 Å². The molecule has 14 rings (SSSR count). The van der Waals surface area contributed by atoms with E-state index in [1.807, 2.05) is 151 Å². The van der Waals surface area contributed by atoms with Gasteiger partial charge in [0.2, 0.25) is 17.7 Å². The van der Waals surface area contributed by atoms with Crippen LogP contribution in [0.3, 0.4) is 0 Å². The first kappa shape index (κ1) is 114. The molecule has 35 heteroatoms. The number of aliphatic hydroxyl groups excluding tert-OH is 2. The molecule has 8 heterocycles. The van der Waals surface area contributed by atoms with Crippen LogP contribution < -0.4 is 27.0 Å². The molecule has 6 amide bonds. The van der Waals surface area contributed by atoms with Crippen LogP contribution in [0.15, 0.2) is 158 Å². The zero-order valence-corrected chi connectivity index (χ0v) is 86.9. The van der Waals surface area contributed by atoms with E-state index in [4.69, 9.17) is 78.5 Å². The number of aliphatic hydroxyl groups is 2. The normalized spacial score (nSPS) is 17.0. The minimum absolute atomic E-state index is 0.0129. The number of carboxylic acids is 1. The van der Waals surface area contributed by atoms with Crippen molar-refractivity contribution in [2.75, 3.05) is 134 Å². The van der Waals surface area contributed by atoms with Crippen molar-refractivity contribution in [3.63, 3.8) is 0 Å². The Bertz CT molecular complexity index is 5570. The number of carbonyl (C=O) groups is 7. The first-order chi connectivity index (χ1) is 69.2. The molecule has 0 unspecified atom stereocenters. The van der Waals surface area contributed by atoms with Gasteiger partial charge in [-0.15, -0.1) is 0 Å². The van der Waals surface area contributed by atoms with Crippen LogP contribution in [0.4, 0.5) is 14.4 Å². The number of nitrogens with one attached hydrogen (secondary N) is 4. The van der Waals surface area contributed by atoms with E-state index in [0.717, 1.165) is 184 Å². The fraction of sp³-hybridized carbons (Fsp3) is 0.569. The quantitative estimate of drug-likeness (QED) is 0.0130. The minimum Gasteiger partial charge on any atom is -0.481 e. The van der Waals surface area contributed by atoms with Gasteiger partial charge in [0.1, 0.15) is 40.1 Å². The number of amides is 6. The Balaban J connectivity index is 0.000000189. The number of carbonyl (C=O) groups excluding carboxylic acids is 6. The number of aromatic nitrogens is 8. The molecule has 4 aromatic heterocycles. The number of aliphatic carboxylic acids is 1. The summed E-state index contributed by atoms with van der Waals surface area (Å²) in [5.74, 6) is 4.23. The van der Waals surface area contributed by atoms with Gasteiger partial charge in [-0.25, -0.2) is 34.3 Å². The Morgan fingerprint density at radius 1 is 0.396 bits per heavy atom. The van der Waals surface area contributed by atoms with Crippen LogP contribution in [-0.2, 0) is 101 Å². The number of nitrogens with zero attached hydrogens (tertiary/aromatic N) is 11. The second-order valence-electron chi connectivity index (χ2n) is 40.3. The zero-order valence-electron chi connectivity index (χ0n) is 86.9. The highest BCUT2D eigenvalue weighted by molar-refractivity contribution is 5.82. The highest BCUT2D eigenvalue weighted by Crippen LogP contribution is 2.36. The van der Waals surface area contributed by atoms with Crippen LogP contribution in [0.25, 0.3) is 44.1 Å². The first-order valence-electron chi connectivity index (χ1n) is 51.0. The van der Waals surface area contributed by atoms with Gasteiger partial charge < -0.3 is 118 Å². The monoisotopic (exact) mass is 2000 g/mol. The van der Waals surface area contributed by atoms with E-state index in [0.29, 0.717) is 71.7 Å². The fourth-order valence-corrected chi connectivity index (χ4v) is 18.3. The molecule has 35 nitrogen and oxygen atoms in total. The number of likely N-dealkylation sites (tertiary alicyclic amines) is 3. The Morgan fingerprint density at radius 3 is 1.00 bits per heavy atom. The summed E-state index contributed by atoms with van der Waals surface area (Å²) in [4.78, 5) is 112. The summed E-state index contributed by atoms with van der Waals surface area (Å²) in [7, 11) is 6.90. The van der Waals surface area contributed by atoms with Gasteiger partial charge in [0.25, 0.3) is 0 Å². The van der Waals surface area contributed by atoms with Gasteiger partial charge in [0.15, 0.2) is 0 Å². The van der Waals surface area contributed by atoms with Crippen LogP contribution in [0.2, 0.25) is 0 Å². The Morgan fingerprint density at radius 2 is 0.694 bits per heavy atom. The summed E-state index contributed by atoms with van der Waals surface area (Å²) < 4.78 is 57.4. The Hall–Kier alpha value is -11.5. The fourth-order valence-electron chi connectivity index (χ4n) is 18.3. The van der Waals surface area contributed by atoms with E-state index < -0.39 is 65.2 Å². The average molecular weight is 2000 g/mol. The molecule has 10 aromatic rings. The van der Waals surface area contributed by atoms with Gasteiger partial charge in [-0.1, -0.05) is 109 Å². The molecular formula is C109H158N16O19. The van der Waals surface area contributed by atoms with Crippen molar-refractivity contribution in [3.05, 3.63) is 192 Å². The number of hydrogen-bond acceptors (Lipinski definition) is 24. The largest absolute Gasteiger partial charge is 0.481 e. The van der Waals surface area contributed by atoms with E-state index in [-0.39, 0.29) is 87.6 Å². The van der Waals surface area contributed by atoms with Gasteiger partial charge in [0.05, 0.1) is 108 Å². The second kappa shape index (κ2) is 58.6. The predicted octanol–water partition coefficient (Wildman–Crippen LogP) is 14.9. The summed E-state index contributed by atoms with van der Waals surface area (Å²) in [6, 6.07) is 49.9. The van der Waals surface area contributed by atoms with Gasteiger partial charge in [-0.05, 0) is 206 Å². The highest BCUT2D eigenvalue weighted by atomic mass is 16.6. The Kier molecular flexibility index (Phi) is 46.6. The van der Waals surface area contributed by atoms with Crippen molar-refractivity contribution < 1.29 is 91.5 Å². The SMILES string of the molecule is CC(C)(C)OC(=O)N[C@H](COCc1ccccc1)CC(=O)O.COCCCn1c([C@@H]2CCCN(C(=O)C[C@@H](CO)NC(=O)OC(C)(C)C)C2)nc2ccccc21.COCCCn1c([C@@H]2CCCN(C(=O)C[C@@H](COCc3ccccc3)NC(=O)OC(C)(C)C)C2)nc2ccccc21.COCCCn1c([C@@H]2CCCN(C(=O)C[C@H](N)CO)C2)nc2ccccc21.COCCCn1c([C@@H]2CCCNC2)nc2ccccc21. The summed E-state index contributed by atoms with van der Waals surface area (Å²) in [5.41, 5.74) is 14.5. The molecule has 0 bridgehead atoms. The van der Waals surface area contributed by atoms with Gasteiger partial charge in [-0.2, -0.15) is 0 Å². The molecule has 0 spiro atoms. The van der Waals surface area contributed by atoms with Crippen LogP contribution >= 0.6 is 0 Å². The molecular weight excluding hydrogens is 1840 g/mol. The molecule has 144 heavy (non-hydrogen) atoms. The number of nitrogens with two attached hydrogens (primary N) is 1. The van der Waals surface area contributed by atoms with Crippen molar-refractivity contribution in [1.82, 2.24) is 74.2 Å². The highest BCUT2D eigenvalue weighted by Gasteiger charge is 2.36. The van der Waals surface area contributed by atoms with Gasteiger partial charge >= 0.3 is 24.2 Å². The molecule has 4 aliphatic heterocycles. The zero-order chi connectivity index (χ0) is 104. The van der Waals surface area contributed by atoms with E-state index in [1.165, 1.54) is 24.2 Å². The standard InChI is InChI=1S/C32H44N4O5.C25H38N4O5.C20H30N4O3.C16H23N3O.C16H23NO5/c1-32(2,3)41-31(38)33-26(23-40-22-24-12-6-5-7-13-24)20-29(37)35-17-10-14-25(21-35)30-34-27-15-8-9-16-28(27)36(30)18-11-19-39-4;1-25(2,3)34-24(32)26-19(17-30)15-22(31)28-12-7-9-18(16-28)23-27-20-10-5-6-11-21(20)29(23)13-8-14-33-4;1-27-11-5-10-24-18-8-3-2-7-17(18)22-20(24)15-6-4-9-23(13-15)19(26)12-16(21)14-25;1-20-11-5-10-19-15-8-3-2-7-14(15)18-16(19)13-6-4-9-17-12-13;1-16(2,3)22-15(20)17-13(9-14(18)19)11-21-10-12-7-5-4-6-8-12/h5-9,12-13,15-16,25-26H,10-11,14,17-23H2,1-4H3,(H,33,38);5-6,10-11,18-19,30H,7-9,12-17H2,1-4H3,(H,26,32);2-3,7-8,15-16,25H,4-6,9-14,21H2,1H3;2-3,7-8,13,17H,4-6,9-12H2,1H3;4-8,13H,9-11H2,1-3H3,(H,17,20)(H,18,19)/t25-,26+;18-,19+;15-,16+;2*13-/m11110/s1. The number of ether oxygens (including phenoxy) is 9. The van der Waals surface area contributed by atoms with E-state index >= 15 is 0 Å². The van der Waals surface area contributed by atoms with E-state index in [1.54, 1.807) is 70.0 Å². The van der Waals surface area contributed by atoms with Crippen LogP contribution in [0.5, 0.6) is 0 Å². The molecule has 8 atom stereocenters. The van der Waals surface area contributed by atoms with Crippen LogP contribution in [-0.4, -0.2) is 285 Å². The lowest BCUT2D eigenvalue weighted by atomic mass is 9.96. The summed E-state index contributed by atoms with van der Waals surface area (Å²) in [5, 5.41) is 39.2. The molecule has 6 aromatic carbocycles. The number of imidazole rings is 4. The van der Waals surface area contributed by atoms with Crippen molar-refractivity contribution >= 4 is 86.1 Å². The molecule has 4 saturated heterocycles. The number of para-hydroxylation sites is 8. The second-order valence-corrected chi connectivity index (χ2v) is 40.3. The number of methoxy groups -OCH3 is 4. The smallest absolute Gasteiger partial charge is 0.407 e. The minimum atomic E-state index is -1.01. The van der Waals surface area contributed by atoms with Crippen LogP contribution in [0.1, 0.15) is 223 Å². The number of carboxylic acid groups (broad SMARTS) is 1. The van der Waals surface area contributed by atoms with E-state index in [2.05, 4.69) is 82.0 Å². The number of piperidine rings is 4. The average Bonchev–Trinajstić information content (AvgIpc) is 1.65. The summed E-state index contributed by atoms with van der Waals surface area (Å²) in [6.07, 6.45) is 10.1. The van der Waals surface area contributed by atoms with Gasteiger partial charge in [-0.3, -0.25) is 19.2 Å². The maximum Gasteiger partial charge on any atom is 0.407 e. The topological polar surface area (TPSA) is 418 Å². The molecule has 4 fully saturated rings. The number of fused-ring (bicyclic) bond motifs is 4. The number of rotatable bonds is 41. The van der Waals surface area contributed by atoms with Crippen molar-refractivity contribution in [2.24, 2.45) is 5.73 Å².